The van der Waals surface area contributed by atoms with E-state index in [-0.39, 0.29) is 51.0 Å². The summed E-state index contributed by atoms with van der Waals surface area (Å²) in [6.07, 6.45) is 0. The van der Waals surface area contributed by atoms with E-state index >= 15 is 0 Å². The van der Waals surface area contributed by atoms with Gasteiger partial charge >= 0.3 is 26.2 Å². The Labute approximate surface area is 293 Å². The van der Waals surface area contributed by atoms with E-state index in [2.05, 4.69) is 143 Å². The fourth-order valence-electron chi connectivity index (χ4n) is 7.28. The third-order valence-corrected chi connectivity index (χ3v) is 14.2. The summed E-state index contributed by atoms with van der Waals surface area (Å²) in [7, 11) is -2.43. The van der Waals surface area contributed by atoms with E-state index in [1.54, 1.807) is 10.4 Å². The molecule has 0 nitrogen and oxygen atoms in total. The van der Waals surface area contributed by atoms with Gasteiger partial charge in [-0.1, -0.05) is 146 Å². The van der Waals surface area contributed by atoms with Crippen LogP contribution in [0.1, 0.15) is 112 Å². The van der Waals surface area contributed by atoms with Gasteiger partial charge in [0.2, 0.25) is 0 Å². The predicted octanol–water partition coefficient (Wildman–Crippen LogP) is 3.65. The number of rotatable bonds is 7. The van der Waals surface area contributed by atoms with Crippen molar-refractivity contribution >= 4 is 45.2 Å². The molecular formula is C39H48Cl2SiZr. The number of hydrogen-bond acceptors (Lipinski definition) is 0. The Bertz CT molecular complexity index is 1580. The smallest absolute Gasteiger partial charge is 1.00 e. The molecule has 43 heavy (non-hydrogen) atoms. The van der Waals surface area contributed by atoms with Crippen molar-refractivity contribution in [2.24, 2.45) is 0 Å². The van der Waals surface area contributed by atoms with Crippen LogP contribution < -0.4 is 40.4 Å². The van der Waals surface area contributed by atoms with E-state index in [9.17, 15) is 0 Å². The molecule has 0 bridgehead atoms. The fraction of sp³-hybridized carbons (Fsp3) is 0.385. The molecular weight excluding hydrogens is 659 g/mol. The van der Waals surface area contributed by atoms with Crippen LogP contribution in [0.2, 0.25) is 6.55 Å². The second-order valence-electron chi connectivity index (χ2n) is 13.7. The van der Waals surface area contributed by atoms with Crippen LogP contribution in [0.3, 0.4) is 0 Å². The standard InChI is InChI=1S/C39H48Si.2ClH.Zr/c1-23(2)29-19-31-17-27(9)38(36(31)34(21-29)25(5)6)40(11,33-15-13-12-14-16-33)39-28(10)18-32-20-30(24(3)4)22-35(26(7)8)37(32)39;;;/h12-26H,1-11H3;2*1H;/q-2;;;+4/p-2. The van der Waals surface area contributed by atoms with Crippen LogP contribution in [0, 0.1) is 13.8 Å². The van der Waals surface area contributed by atoms with Gasteiger partial charge in [0.25, 0.3) is 0 Å². The molecule has 0 atom stereocenters. The summed E-state index contributed by atoms with van der Waals surface area (Å²) in [6, 6.07) is 26.5. The first kappa shape index (κ1) is 37.7. The maximum absolute atomic E-state index is 2.65. The van der Waals surface area contributed by atoms with Gasteiger partial charge in [0, 0.05) is 8.07 Å². The van der Waals surface area contributed by atoms with Gasteiger partial charge in [-0.05, 0) is 23.7 Å². The summed E-state index contributed by atoms with van der Waals surface area (Å²) in [5.74, 6) is 1.97. The number of benzene rings is 3. The third-order valence-electron chi connectivity index (χ3n) is 9.40. The second-order valence-corrected chi connectivity index (χ2v) is 17.5. The van der Waals surface area contributed by atoms with Crippen LogP contribution in [-0.4, -0.2) is 8.07 Å². The monoisotopic (exact) mass is 704 g/mol. The molecule has 0 unspecified atom stereocenters. The molecule has 5 aromatic carbocycles. The minimum atomic E-state index is -2.43. The van der Waals surface area contributed by atoms with Gasteiger partial charge < -0.3 is 24.8 Å². The summed E-state index contributed by atoms with van der Waals surface area (Å²) < 4.78 is 0. The molecule has 0 spiro atoms. The second kappa shape index (κ2) is 14.3. The predicted molar refractivity (Wildman–Crippen MR) is 182 cm³/mol. The van der Waals surface area contributed by atoms with Crippen LogP contribution in [0.15, 0.2) is 66.7 Å². The summed E-state index contributed by atoms with van der Waals surface area (Å²) in [5, 5.41) is 10.6. The van der Waals surface area contributed by atoms with Crippen molar-refractivity contribution in [2.45, 2.75) is 99.5 Å². The average molecular weight is 707 g/mol. The number of halogens is 2. The minimum Gasteiger partial charge on any atom is -1.00 e. The van der Waals surface area contributed by atoms with Gasteiger partial charge in [-0.3, -0.25) is 0 Å². The van der Waals surface area contributed by atoms with Crippen LogP contribution in [-0.2, 0) is 26.2 Å². The summed E-state index contributed by atoms with van der Waals surface area (Å²) in [6.45, 7) is 26.2. The molecule has 0 amide bonds. The van der Waals surface area contributed by atoms with Crippen LogP contribution >= 0.6 is 0 Å². The molecule has 4 heteroatoms. The zero-order valence-electron chi connectivity index (χ0n) is 27.9. The topological polar surface area (TPSA) is 0 Å². The van der Waals surface area contributed by atoms with Gasteiger partial charge in [-0.25, -0.2) is 0 Å². The molecule has 0 N–H and O–H groups in total. The van der Waals surface area contributed by atoms with Crippen molar-refractivity contribution in [3.8, 4) is 0 Å². The largest absolute Gasteiger partial charge is 4.00 e. The zero-order valence-corrected chi connectivity index (χ0v) is 32.9. The maximum atomic E-state index is 2.65. The van der Waals surface area contributed by atoms with Crippen LogP contribution in [0.25, 0.3) is 21.5 Å². The molecule has 0 radical (unpaired) electrons. The Hall–Kier alpha value is -1.44. The van der Waals surface area contributed by atoms with E-state index in [1.807, 2.05) is 0 Å². The molecule has 0 saturated carbocycles. The zero-order chi connectivity index (χ0) is 29.1. The van der Waals surface area contributed by atoms with Crippen molar-refractivity contribution in [2.75, 3.05) is 0 Å². The van der Waals surface area contributed by atoms with Gasteiger partial charge in [0.05, 0.1) is 0 Å². The van der Waals surface area contributed by atoms with E-state index in [1.165, 1.54) is 60.1 Å². The van der Waals surface area contributed by atoms with Crippen molar-refractivity contribution < 1.29 is 51.0 Å². The first-order valence-electron chi connectivity index (χ1n) is 15.4. The third kappa shape index (κ3) is 6.47. The summed E-state index contributed by atoms with van der Waals surface area (Å²) >= 11 is 0. The summed E-state index contributed by atoms with van der Waals surface area (Å²) in [4.78, 5) is 0. The Morgan fingerprint density at radius 2 is 0.930 bits per heavy atom. The maximum Gasteiger partial charge on any atom is 4.00 e. The molecule has 226 valence electrons. The normalized spacial score (nSPS) is 11.9. The van der Waals surface area contributed by atoms with Gasteiger partial charge in [0.15, 0.2) is 0 Å². The first-order chi connectivity index (χ1) is 18.9. The minimum absolute atomic E-state index is 0. The van der Waals surface area contributed by atoms with Crippen molar-refractivity contribution in [1.82, 2.24) is 0 Å². The Morgan fingerprint density at radius 3 is 1.26 bits per heavy atom. The van der Waals surface area contributed by atoms with Crippen LogP contribution in [0.4, 0.5) is 0 Å². The van der Waals surface area contributed by atoms with Gasteiger partial charge in [0.1, 0.15) is 0 Å². The van der Waals surface area contributed by atoms with Crippen molar-refractivity contribution in [1.29, 1.82) is 0 Å². The Morgan fingerprint density at radius 1 is 0.558 bits per heavy atom. The summed E-state index contributed by atoms with van der Waals surface area (Å²) in [5.41, 5.74) is 8.84. The molecule has 0 aromatic heterocycles. The van der Waals surface area contributed by atoms with Gasteiger partial charge in [-0.15, -0.1) is 56.9 Å². The Kier molecular flexibility index (Phi) is 12.6. The SMILES string of the molecule is Cc1[cH-]c2cc(C(C)C)cc(C(C)C)c2c1[Si](C)(c1ccccc1)c1c(C)[cH-]c2cc(C(C)C)cc(C(C)C)c12.[Cl-].[Cl-].[Zr+4]. The molecule has 0 saturated heterocycles. The van der Waals surface area contributed by atoms with E-state index in [0.29, 0.717) is 23.7 Å². The molecule has 0 fully saturated rings. The first-order valence-corrected chi connectivity index (χ1v) is 17.9. The van der Waals surface area contributed by atoms with Crippen molar-refractivity contribution in [3.63, 3.8) is 0 Å². The van der Waals surface area contributed by atoms with E-state index in [4.69, 9.17) is 0 Å². The quantitative estimate of drug-likeness (QED) is 0.179. The van der Waals surface area contributed by atoms with E-state index in [0.717, 1.165) is 0 Å². The number of aryl methyl sites for hydroxylation is 2. The fourth-order valence-corrected chi connectivity index (χ4v) is 12.3. The molecule has 0 aliphatic rings. The molecule has 0 heterocycles. The molecule has 5 rings (SSSR count). The number of hydrogen-bond donors (Lipinski definition) is 0. The number of fused-ring (bicyclic) bond motifs is 2. The molecule has 0 aliphatic carbocycles. The molecule has 5 aromatic rings. The Balaban J connectivity index is 0.00000215. The van der Waals surface area contributed by atoms with Crippen molar-refractivity contribution in [3.05, 3.63) is 100 Å². The van der Waals surface area contributed by atoms with Gasteiger partial charge in [-0.2, -0.15) is 10.4 Å². The molecule has 0 aliphatic heterocycles. The average Bonchev–Trinajstić information content (AvgIpc) is 3.42. The van der Waals surface area contributed by atoms with E-state index < -0.39 is 8.07 Å². The van der Waals surface area contributed by atoms with Crippen LogP contribution in [0.5, 0.6) is 0 Å².